The van der Waals surface area contributed by atoms with Crippen molar-refractivity contribution in [1.82, 2.24) is 4.98 Å². The van der Waals surface area contributed by atoms with Crippen molar-refractivity contribution in [2.45, 2.75) is 6.92 Å². The molecule has 2 N–H and O–H groups in total. The van der Waals surface area contributed by atoms with Gasteiger partial charge >= 0.3 is 0 Å². The first kappa shape index (κ1) is 10.4. The van der Waals surface area contributed by atoms with Crippen LogP contribution in [0.25, 0.3) is 0 Å². The molecule has 82 valence electrons. The van der Waals surface area contributed by atoms with E-state index in [9.17, 15) is 9.18 Å². The number of hydrogen-bond acceptors (Lipinski definition) is 1. The number of aromatic amines is 1. The van der Waals surface area contributed by atoms with Crippen LogP contribution < -0.4 is 5.32 Å². The summed E-state index contributed by atoms with van der Waals surface area (Å²) in [5, 5.41) is 2.69. The van der Waals surface area contributed by atoms with Crippen LogP contribution in [0.2, 0.25) is 0 Å². The zero-order valence-corrected chi connectivity index (χ0v) is 8.75. The first-order valence-electron chi connectivity index (χ1n) is 4.88. The maximum absolute atomic E-state index is 12.6. The number of rotatable bonds is 2. The fraction of sp³-hybridized carbons (Fsp3) is 0.0833. The average molecular weight is 218 g/mol. The second-order valence-corrected chi connectivity index (χ2v) is 3.48. The van der Waals surface area contributed by atoms with Crippen molar-refractivity contribution in [1.29, 1.82) is 0 Å². The molecule has 16 heavy (non-hydrogen) atoms. The third kappa shape index (κ3) is 2.11. The summed E-state index contributed by atoms with van der Waals surface area (Å²) in [5.41, 5.74) is 1.97. The summed E-state index contributed by atoms with van der Waals surface area (Å²) in [7, 11) is 0. The highest BCUT2D eigenvalue weighted by Gasteiger charge is 2.09. The van der Waals surface area contributed by atoms with Crippen molar-refractivity contribution in [2.75, 3.05) is 5.32 Å². The number of anilines is 1. The molecule has 1 aromatic carbocycles. The smallest absolute Gasteiger partial charge is 0.257 e. The number of aryl methyl sites for hydroxylation is 1. The Kier molecular flexibility index (Phi) is 2.72. The number of aromatic nitrogens is 1. The van der Waals surface area contributed by atoms with Crippen LogP contribution in [0.5, 0.6) is 0 Å². The van der Waals surface area contributed by atoms with Crippen LogP contribution in [0, 0.1) is 12.7 Å². The van der Waals surface area contributed by atoms with E-state index >= 15 is 0 Å². The lowest BCUT2D eigenvalue weighted by Gasteiger charge is -2.04. The molecule has 0 saturated heterocycles. The van der Waals surface area contributed by atoms with Gasteiger partial charge < -0.3 is 10.3 Å². The fourth-order valence-electron chi connectivity index (χ4n) is 1.43. The highest BCUT2D eigenvalue weighted by atomic mass is 19.1. The monoisotopic (exact) mass is 218 g/mol. The first-order valence-corrected chi connectivity index (χ1v) is 4.88. The molecule has 4 heteroatoms. The summed E-state index contributed by atoms with van der Waals surface area (Å²) in [6.07, 6.45) is 1.70. The number of halogens is 1. The van der Waals surface area contributed by atoms with Gasteiger partial charge in [-0.2, -0.15) is 0 Å². The topological polar surface area (TPSA) is 44.9 Å². The number of hydrogen-bond donors (Lipinski definition) is 2. The average Bonchev–Trinajstić information content (AvgIpc) is 2.68. The van der Waals surface area contributed by atoms with Gasteiger partial charge in [0.25, 0.3) is 5.91 Å². The minimum Gasteiger partial charge on any atom is -0.365 e. The molecule has 1 amide bonds. The summed E-state index contributed by atoms with van der Waals surface area (Å²) in [6.45, 7) is 1.82. The fourth-order valence-corrected chi connectivity index (χ4v) is 1.43. The molecule has 1 aromatic heterocycles. The van der Waals surface area contributed by atoms with Gasteiger partial charge in [0.15, 0.2) is 0 Å². The molecule has 2 rings (SSSR count). The molecule has 0 aliphatic carbocycles. The number of carbonyl (C=O) groups is 1. The minimum atomic E-state index is -0.323. The maximum atomic E-state index is 12.6. The maximum Gasteiger partial charge on any atom is 0.257 e. The van der Waals surface area contributed by atoms with Crippen LogP contribution in [0.1, 0.15) is 16.1 Å². The second-order valence-electron chi connectivity index (χ2n) is 3.48. The summed E-state index contributed by atoms with van der Waals surface area (Å²) < 4.78 is 12.6. The zero-order valence-electron chi connectivity index (χ0n) is 8.75. The van der Waals surface area contributed by atoms with Gasteiger partial charge in [0.05, 0.1) is 5.56 Å². The molecule has 3 nitrogen and oxygen atoms in total. The van der Waals surface area contributed by atoms with Crippen molar-refractivity contribution < 1.29 is 9.18 Å². The van der Waals surface area contributed by atoms with Crippen LogP contribution in [-0.2, 0) is 0 Å². The van der Waals surface area contributed by atoms with Gasteiger partial charge in [0, 0.05) is 17.6 Å². The van der Waals surface area contributed by atoms with Gasteiger partial charge in [-0.05, 0) is 37.3 Å². The van der Waals surface area contributed by atoms with E-state index in [2.05, 4.69) is 10.3 Å². The first-order chi connectivity index (χ1) is 7.66. The van der Waals surface area contributed by atoms with E-state index in [1.54, 1.807) is 12.3 Å². The van der Waals surface area contributed by atoms with E-state index in [4.69, 9.17) is 0 Å². The molecule has 0 atom stereocenters. The minimum absolute atomic E-state index is 0.203. The van der Waals surface area contributed by atoms with Gasteiger partial charge in [-0.3, -0.25) is 4.79 Å². The summed E-state index contributed by atoms with van der Waals surface area (Å²) in [6, 6.07) is 7.36. The number of nitrogens with one attached hydrogen (secondary N) is 2. The number of amides is 1. The molecule has 0 aliphatic heterocycles. The third-order valence-electron chi connectivity index (χ3n) is 2.30. The van der Waals surface area contributed by atoms with Gasteiger partial charge in [0.2, 0.25) is 0 Å². The Labute approximate surface area is 92.3 Å². The Hall–Kier alpha value is -2.10. The van der Waals surface area contributed by atoms with Gasteiger partial charge in [-0.25, -0.2) is 4.39 Å². The highest BCUT2D eigenvalue weighted by Crippen LogP contribution is 2.12. The Morgan fingerprint density at radius 1 is 1.25 bits per heavy atom. The predicted molar refractivity (Wildman–Crippen MR) is 59.9 cm³/mol. The van der Waals surface area contributed by atoms with Crippen molar-refractivity contribution in [3.63, 3.8) is 0 Å². The second kappa shape index (κ2) is 4.18. The molecule has 0 fully saturated rings. The van der Waals surface area contributed by atoms with E-state index in [0.717, 1.165) is 5.69 Å². The van der Waals surface area contributed by atoms with Crippen molar-refractivity contribution in [3.05, 3.63) is 53.6 Å². The number of benzene rings is 1. The Bertz CT molecular complexity index is 502. The molecular formula is C12H11FN2O. The molecular weight excluding hydrogens is 207 g/mol. The van der Waals surface area contributed by atoms with E-state index in [1.807, 2.05) is 6.92 Å². The van der Waals surface area contributed by atoms with Crippen molar-refractivity contribution in [2.24, 2.45) is 0 Å². The van der Waals surface area contributed by atoms with E-state index < -0.39 is 0 Å². The lowest BCUT2D eigenvalue weighted by Crippen LogP contribution is -2.12. The quantitative estimate of drug-likeness (QED) is 0.799. The Morgan fingerprint density at radius 2 is 1.94 bits per heavy atom. The van der Waals surface area contributed by atoms with Crippen LogP contribution in [0.3, 0.4) is 0 Å². The third-order valence-corrected chi connectivity index (χ3v) is 2.30. The van der Waals surface area contributed by atoms with Crippen molar-refractivity contribution in [3.8, 4) is 0 Å². The van der Waals surface area contributed by atoms with E-state index in [0.29, 0.717) is 11.3 Å². The lowest BCUT2D eigenvalue weighted by atomic mass is 10.2. The number of H-pyrrole nitrogens is 1. The summed E-state index contributed by atoms with van der Waals surface area (Å²) >= 11 is 0. The molecule has 0 unspecified atom stereocenters. The summed E-state index contributed by atoms with van der Waals surface area (Å²) in [4.78, 5) is 14.7. The lowest BCUT2D eigenvalue weighted by molar-refractivity contribution is 0.102. The Morgan fingerprint density at radius 3 is 2.50 bits per heavy atom. The molecule has 0 aliphatic rings. The Balaban J connectivity index is 2.14. The molecule has 0 bridgehead atoms. The normalized spacial score (nSPS) is 10.1. The van der Waals surface area contributed by atoms with Crippen LogP contribution in [0.4, 0.5) is 10.1 Å². The molecule has 0 saturated carbocycles. The van der Waals surface area contributed by atoms with Gasteiger partial charge in [-0.15, -0.1) is 0 Å². The van der Waals surface area contributed by atoms with Crippen LogP contribution in [-0.4, -0.2) is 10.9 Å². The predicted octanol–water partition coefficient (Wildman–Crippen LogP) is 2.71. The number of carbonyl (C=O) groups excluding carboxylic acids is 1. The van der Waals surface area contributed by atoms with Gasteiger partial charge in [-0.1, -0.05) is 0 Å². The molecule has 2 aromatic rings. The molecule has 1 heterocycles. The van der Waals surface area contributed by atoms with E-state index in [-0.39, 0.29) is 11.7 Å². The van der Waals surface area contributed by atoms with Crippen LogP contribution >= 0.6 is 0 Å². The molecule has 0 radical (unpaired) electrons. The summed E-state index contributed by atoms with van der Waals surface area (Å²) in [5.74, 6) is -0.527. The largest absolute Gasteiger partial charge is 0.365 e. The highest BCUT2D eigenvalue weighted by molar-refractivity contribution is 6.05. The van der Waals surface area contributed by atoms with E-state index in [1.165, 1.54) is 24.3 Å². The zero-order chi connectivity index (χ0) is 11.5. The van der Waals surface area contributed by atoms with Crippen molar-refractivity contribution >= 4 is 11.6 Å². The van der Waals surface area contributed by atoms with Gasteiger partial charge in [0.1, 0.15) is 5.82 Å². The SMILES string of the molecule is Cc1[nH]ccc1C(=O)Nc1ccc(F)cc1. The van der Waals surface area contributed by atoms with Crippen LogP contribution in [0.15, 0.2) is 36.5 Å². The standard InChI is InChI=1S/C12H11FN2O/c1-8-11(6-7-14-8)12(16)15-10-4-2-9(13)3-5-10/h2-7,14H,1H3,(H,15,16). The molecule has 0 spiro atoms.